The molecule has 4 heteroatoms. The number of hydrogen-bond acceptors (Lipinski definition) is 4. The van der Waals surface area contributed by atoms with Crippen LogP contribution in [0, 0.1) is 27.7 Å². The number of para-hydroxylation sites is 6. The molecule has 0 fully saturated rings. The molecule has 11 aromatic rings. The first kappa shape index (κ1) is 47.0. The van der Waals surface area contributed by atoms with E-state index in [9.17, 15) is 0 Å². The van der Waals surface area contributed by atoms with E-state index in [0.717, 1.165) is 79.4 Å². The lowest BCUT2D eigenvalue weighted by molar-refractivity contribution is 0.483. The van der Waals surface area contributed by atoms with E-state index < -0.39 is 0 Å². The second-order valence-electron chi connectivity index (χ2n) is 18.7. The second kappa shape index (κ2) is 21.1. The minimum atomic E-state index is 0.762. The summed E-state index contributed by atoms with van der Waals surface area (Å²) in [7, 11) is 0. The number of hydrogen-bond donors (Lipinski definition) is 0. The summed E-state index contributed by atoms with van der Waals surface area (Å²) >= 11 is 0. The van der Waals surface area contributed by atoms with Crippen molar-refractivity contribution in [3.05, 3.63) is 289 Å². The fourth-order valence-corrected chi connectivity index (χ4v) is 9.85. The van der Waals surface area contributed by atoms with Crippen LogP contribution >= 0.6 is 0 Å². The first-order valence-corrected chi connectivity index (χ1v) is 25.2. The van der Waals surface area contributed by atoms with E-state index >= 15 is 0 Å². The predicted octanol–water partition coefficient (Wildman–Crippen LogP) is 20.1. The number of rotatable bonds is 14. The van der Waals surface area contributed by atoms with Gasteiger partial charge in [-0.25, -0.2) is 0 Å². The van der Waals surface area contributed by atoms with Crippen molar-refractivity contribution in [2.24, 2.45) is 0 Å². The van der Waals surface area contributed by atoms with Crippen LogP contribution in [-0.2, 0) is 0 Å². The van der Waals surface area contributed by atoms with Gasteiger partial charge in [-0.15, -0.1) is 0 Å². The number of benzene rings is 11. The zero-order valence-corrected chi connectivity index (χ0v) is 42.1. The Balaban J connectivity index is 0.991. The highest BCUT2D eigenvalue weighted by Gasteiger charge is 2.23. The zero-order chi connectivity index (χ0) is 50.4. The summed E-state index contributed by atoms with van der Waals surface area (Å²) in [6.45, 7) is 8.88. The highest BCUT2D eigenvalue weighted by atomic mass is 16.5. The molecule has 0 N–H and O–H groups in total. The molecule has 0 aliphatic heterocycles. The van der Waals surface area contributed by atoms with Gasteiger partial charge in [0.25, 0.3) is 0 Å². The maximum absolute atomic E-state index is 6.62. The van der Waals surface area contributed by atoms with Gasteiger partial charge in [0.2, 0.25) is 0 Å². The molecule has 0 atom stereocenters. The van der Waals surface area contributed by atoms with Gasteiger partial charge in [0.05, 0.1) is 11.4 Å². The molecule has 11 aromatic carbocycles. The van der Waals surface area contributed by atoms with Crippen molar-refractivity contribution in [2.45, 2.75) is 27.7 Å². The molecular formula is C70H56N2O2. The Morgan fingerprint density at radius 2 is 0.554 bits per heavy atom. The van der Waals surface area contributed by atoms with Crippen molar-refractivity contribution in [1.82, 2.24) is 0 Å². The molecule has 0 spiro atoms. The van der Waals surface area contributed by atoms with Crippen molar-refractivity contribution in [1.29, 1.82) is 0 Å². The summed E-state index contributed by atoms with van der Waals surface area (Å²) < 4.78 is 13.2. The van der Waals surface area contributed by atoms with Crippen LogP contribution in [0.25, 0.3) is 44.5 Å². The Bertz CT molecular complexity index is 3440. The third kappa shape index (κ3) is 9.95. The number of ether oxygens (including phenoxy) is 2. The molecule has 358 valence electrons. The molecule has 11 rings (SSSR count). The summed E-state index contributed by atoms with van der Waals surface area (Å²) in [5, 5.41) is 0. The van der Waals surface area contributed by atoms with Gasteiger partial charge < -0.3 is 19.3 Å². The van der Waals surface area contributed by atoms with Crippen LogP contribution in [0.2, 0.25) is 0 Å². The molecule has 0 unspecified atom stereocenters. The standard InChI is InChI=1S/C70H56N2O2/c1-49-47-65(63-43-41-59(45-51(63)3)71(57-37-33-55(34-38-57)53-21-9-5-10-22-53)67-29-17-19-31-69(67)73-61-25-13-7-14-26-61)66(48-50(49)2)64-44-42-60(46-52(64)4)72(58-39-35-56(36-40-58)54-23-11-6-12-24-54)68-30-18-20-32-70(68)74-62-27-15-8-16-28-62/h5-48H,1-4H3. The van der Waals surface area contributed by atoms with E-state index in [0.29, 0.717) is 0 Å². The lowest BCUT2D eigenvalue weighted by atomic mass is 9.87. The molecule has 4 nitrogen and oxygen atoms in total. The SMILES string of the molecule is Cc1cc(-c2ccc(N(c3ccc(-c4ccccc4)cc3)c3ccccc3Oc3ccccc3)cc2C)c(-c2ccc(N(c3ccc(-c4ccccc4)cc3)c3ccccc3Oc3ccccc3)cc2C)cc1C. The van der Waals surface area contributed by atoms with Gasteiger partial charge in [0, 0.05) is 22.7 Å². The first-order chi connectivity index (χ1) is 36.3. The molecular weight excluding hydrogens is 901 g/mol. The maximum Gasteiger partial charge on any atom is 0.151 e. The van der Waals surface area contributed by atoms with Crippen molar-refractivity contribution >= 4 is 34.1 Å². The van der Waals surface area contributed by atoms with Gasteiger partial charge in [-0.3, -0.25) is 0 Å². The third-order valence-corrected chi connectivity index (χ3v) is 13.8. The van der Waals surface area contributed by atoms with Gasteiger partial charge in [-0.2, -0.15) is 0 Å². The maximum atomic E-state index is 6.62. The lowest BCUT2D eigenvalue weighted by Crippen LogP contribution is -2.11. The lowest BCUT2D eigenvalue weighted by Gasteiger charge is -2.29. The van der Waals surface area contributed by atoms with E-state index in [1.54, 1.807) is 0 Å². The summed E-state index contributed by atoms with van der Waals surface area (Å²) in [6.07, 6.45) is 0. The van der Waals surface area contributed by atoms with Crippen LogP contribution in [-0.4, -0.2) is 0 Å². The van der Waals surface area contributed by atoms with E-state index in [4.69, 9.17) is 9.47 Å². The average Bonchev–Trinajstić information content (AvgIpc) is 3.44. The van der Waals surface area contributed by atoms with Crippen LogP contribution in [0.4, 0.5) is 34.1 Å². The largest absolute Gasteiger partial charge is 0.455 e. The van der Waals surface area contributed by atoms with Crippen molar-refractivity contribution < 1.29 is 9.47 Å². The van der Waals surface area contributed by atoms with Crippen molar-refractivity contribution in [3.63, 3.8) is 0 Å². The predicted molar refractivity (Wildman–Crippen MR) is 310 cm³/mol. The Morgan fingerprint density at radius 3 is 0.919 bits per heavy atom. The average molecular weight is 957 g/mol. The minimum absolute atomic E-state index is 0.762. The number of aryl methyl sites for hydroxylation is 4. The summed E-state index contributed by atoms with van der Waals surface area (Å²) in [6, 6.07) is 93.6. The molecule has 0 saturated heterocycles. The number of nitrogens with zero attached hydrogens (tertiary/aromatic N) is 2. The van der Waals surface area contributed by atoms with Gasteiger partial charge in [0.1, 0.15) is 11.5 Å². The van der Waals surface area contributed by atoms with Crippen LogP contribution < -0.4 is 19.3 Å². The Kier molecular flexibility index (Phi) is 13.4. The highest BCUT2D eigenvalue weighted by Crippen LogP contribution is 2.47. The Hall–Kier alpha value is -9.38. The highest BCUT2D eigenvalue weighted by molar-refractivity contribution is 5.91. The Morgan fingerprint density at radius 1 is 0.243 bits per heavy atom. The van der Waals surface area contributed by atoms with E-state index in [1.165, 1.54) is 44.5 Å². The van der Waals surface area contributed by atoms with Gasteiger partial charge >= 0.3 is 0 Å². The smallest absolute Gasteiger partial charge is 0.151 e. The molecule has 0 bridgehead atoms. The third-order valence-electron chi connectivity index (χ3n) is 13.8. The fraction of sp³-hybridized carbons (Fsp3) is 0.0571. The quantitative estimate of drug-likeness (QED) is 0.108. The molecule has 74 heavy (non-hydrogen) atoms. The fourth-order valence-electron chi connectivity index (χ4n) is 9.85. The van der Waals surface area contributed by atoms with E-state index in [-0.39, 0.29) is 0 Å². The van der Waals surface area contributed by atoms with Crippen LogP contribution in [0.1, 0.15) is 22.3 Å². The summed E-state index contributed by atoms with van der Waals surface area (Å²) in [5.74, 6) is 3.09. The Labute approximate surface area is 435 Å². The zero-order valence-electron chi connectivity index (χ0n) is 42.1. The minimum Gasteiger partial charge on any atom is -0.455 e. The topological polar surface area (TPSA) is 24.9 Å². The van der Waals surface area contributed by atoms with Crippen LogP contribution in [0.15, 0.2) is 267 Å². The molecule has 0 aliphatic rings. The normalized spacial score (nSPS) is 11.0. The second-order valence-corrected chi connectivity index (χ2v) is 18.7. The van der Waals surface area contributed by atoms with Crippen LogP contribution in [0.5, 0.6) is 23.0 Å². The van der Waals surface area contributed by atoms with Gasteiger partial charge in [-0.1, -0.05) is 170 Å². The van der Waals surface area contributed by atoms with E-state index in [2.05, 4.69) is 219 Å². The summed E-state index contributed by atoms with van der Waals surface area (Å²) in [5.41, 5.74) is 20.2. The summed E-state index contributed by atoms with van der Waals surface area (Å²) in [4.78, 5) is 4.61. The van der Waals surface area contributed by atoms with Crippen LogP contribution in [0.3, 0.4) is 0 Å². The van der Waals surface area contributed by atoms with Crippen molar-refractivity contribution in [3.8, 4) is 67.5 Å². The molecule has 0 aliphatic carbocycles. The number of anilines is 6. The monoisotopic (exact) mass is 956 g/mol. The molecule has 0 saturated carbocycles. The molecule has 0 heterocycles. The molecule has 0 amide bonds. The van der Waals surface area contributed by atoms with Gasteiger partial charge in [0.15, 0.2) is 11.5 Å². The van der Waals surface area contributed by atoms with E-state index in [1.807, 2.05) is 84.9 Å². The first-order valence-electron chi connectivity index (χ1n) is 25.2. The van der Waals surface area contributed by atoms with Gasteiger partial charge in [-0.05, 0) is 192 Å². The molecule has 0 aromatic heterocycles. The molecule has 0 radical (unpaired) electrons. The van der Waals surface area contributed by atoms with Crippen molar-refractivity contribution in [2.75, 3.05) is 9.80 Å².